The van der Waals surface area contributed by atoms with Crippen LogP contribution in [0.15, 0.2) is 36.4 Å². The van der Waals surface area contributed by atoms with E-state index in [1.807, 2.05) is 6.92 Å². The van der Waals surface area contributed by atoms with Crippen LogP contribution in [0.1, 0.15) is 12.5 Å². The Labute approximate surface area is 123 Å². The Morgan fingerprint density at radius 2 is 2.00 bits per heavy atom. The predicted molar refractivity (Wildman–Crippen MR) is 79.6 cm³/mol. The summed E-state index contributed by atoms with van der Waals surface area (Å²) in [5, 5.41) is 13.2. The van der Waals surface area contributed by atoms with Crippen molar-refractivity contribution in [1.82, 2.24) is 0 Å². The summed E-state index contributed by atoms with van der Waals surface area (Å²) in [7, 11) is 1.50. The van der Waals surface area contributed by atoms with E-state index in [0.29, 0.717) is 35.9 Å². The largest absolute Gasteiger partial charge is 0.504 e. The minimum atomic E-state index is -0.353. The number of ether oxygens (including phenoxy) is 2. The Morgan fingerprint density at radius 3 is 2.71 bits per heavy atom. The van der Waals surface area contributed by atoms with E-state index in [1.54, 1.807) is 24.3 Å². The van der Waals surface area contributed by atoms with Crippen LogP contribution in [-0.4, -0.2) is 18.8 Å². The third-order valence-electron chi connectivity index (χ3n) is 3.02. The molecular formula is C16H18FNO3. The van der Waals surface area contributed by atoms with Crippen LogP contribution in [0.4, 0.5) is 10.1 Å². The van der Waals surface area contributed by atoms with Gasteiger partial charge in [-0.25, -0.2) is 4.39 Å². The minimum Gasteiger partial charge on any atom is -0.504 e. The number of anilines is 1. The number of hydrogen-bond donors (Lipinski definition) is 2. The van der Waals surface area contributed by atoms with E-state index in [9.17, 15) is 9.50 Å². The number of phenols is 1. The second-order valence-corrected chi connectivity index (χ2v) is 4.40. The maximum absolute atomic E-state index is 13.2. The molecule has 0 aliphatic heterocycles. The number of methoxy groups -OCH3 is 1. The number of halogens is 1. The van der Waals surface area contributed by atoms with Crippen LogP contribution in [0.3, 0.4) is 0 Å². The first-order valence-corrected chi connectivity index (χ1v) is 6.66. The quantitative estimate of drug-likeness (QED) is 0.854. The number of hydrogen-bond acceptors (Lipinski definition) is 4. The maximum Gasteiger partial charge on any atom is 0.162 e. The third-order valence-corrected chi connectivity index (χ3v) is 3.02. The first kappa shape index (κ1) is 15.0. The van der Waals surface area contributed by atoms with E-state index in [-0.39, 0.29) is 11.6 Å². The summed E-state index contributed by atoms with van der Waals surface area (Å²) in [4.78, 5) is 0. The molecule has 0 spiro atoms. The molecule has 0 bridgehead atoms. The molecule has 2 aromatic rings. The fraction of sp³-hybridized carbons (Fsp3) is 0.250. The molecule has 2 aromatic carbocycles. The van der Waals surface area contributed by atoms with Gasteiger partial charge in [0.1, 0.15) is 11.6 Å². The Bertz CT molecular complexity index is 616. The molecule has 0 radical (unpaired) electrons. The van der Waals surface area contributed by atoms with Gasteiger partial charge in [-0.3, -0.25) is 0 Å². The van der Waals surface area contributed by atoms with Gasteiger partial charge in [0.2, 0.25) is 0 Å². The van der Waals surface area contributed by atoms with Gasteiger partial charge in [-0.1, -0.05) is 12.1 Å². The van der Waals surface area contributed by atoms with Crippen LogP contribution < -0.4 is 14.8 Å². The number of phenolic OH excluding ortho intramolecular Hbond substituents is 1. The third kappa shape index (κ3) is 3.56. The standard InChI is InChI=1S/C16H18FNO3/c1-3-21-15-9-12(17)7-8-13(15)18-10-11-5-4-6-14(20-2)16(11)19/h4-9,18-19H,3,10H2,1-2H3. The highest BCUT2D eigenvalue weighted by Gasteiger charge is 2.09. The van der Waals surface area contributed by atoms with Gasteiger partial charge in [-0.2, -0.15) is 0 Å². The molecular weight excluding hydrogens is 273 g/mol. The Kier molecular flexibility index (Phi) is 4.87. The normalized spacial score (nSPS) is 10.2. The average molecular weight is 291 g/mol. The summed E-state index contributed by atoms with van der Waals surface area (Å²) >= 11 is 0. The maximum atomic E-state index is 13.2. The van der Waals surface area contributed by atoms with Gasteiger partial charge in [-0.15, -0.1) is 0 Å². The Morgan fingerprint density at radius 1 is 1.19 bits per heavy atom. The lowest BCUT2D eigenvalue weighted by molar-refractivity contribution is 0.339. The smallest absolute Gasteiger partial charge is 0.162 e. The van der Waals surface area contributed by atoms with E-state index in [2.05, 4.69) is 5.32 Å². The van der Waals surface area contributed by atoms with Crippen LogP contribution in [0, 0.1) is 5.82 Å². The van der Waals surface area contributed by atoms with E-state index in [4.69, 9.17) is 9.47 Å². The van der Waals surface area contributed by atoms with E-state index < -0.39 is 0 Å². The molecule has 2 N–H and O–H groups in total. The monoisotopic (exact) mass is 291 g/mol. The van der Waals surface area contributed by atoms with Crippen LogP contribution in [0.5, 0.6) is 17.2 Å². The number of nitrogens with one attached hydrogen (secondary N) is 1. The molecule has 0 saturated heterocycles. The molecule has 5 heteroatoms. The summed E-state index contributed by atoms with van der Waals surface area (Å²) in [6.45, 7) is 2.65. The van der Waals surface area contributed by atoms with Crippen molar-refractivity contribution in [2.24, 2.45) is 0 Å². The summed E-state index contributed by atoms with van der Waals surface area (Å²) in [5.41, 5.74) is 1.35. The lowest BCUT2D eigenvalue weighted by Gasteiger charge is -2.14. The van der Waals surface area contributed by atoms with Gasteiger partial charge >= 0.3 is 0 Å². The highest BCUT2D eigenvalue weighted by atomic mass is 19.1. The molecule has 112 valence electrons. The second kappa shape index (κ2) is 6.83. The van der Waals surface area contributed by atoms with Crippen molar-refractivity contribution in [3.05, 3.63) is 47.8 Å². The Hall–Kier alpha value is -2.43. The van der Waals surface area contributed by atoms with Gasteiger partial charge in [0.05, 0.1) is 19.4 Å². The van der Waals surface area contributed by atoms with Gasteiger partial charge < -0.3 is 19.9 Å². The molecule has 0 heterocycles. The molecule has 4 nitrogen and oxygen atoms in total. The van der Waals surface area contributed by atoms with Crippen LogP contribution in [0.2, 0.25) is 0 Å². The van der Waals surface area contributed by atoms with E-state index in [1.165, 1.54) is 19.2 Å². The fourth-order valence-electron chi connectivity index (χ4n) is 1.98. The molecule has 0 aromatic heterocycles. The zero-order valence-electron chi connectivity index (χ0n) is 12.0. The zero-order chi connectivity index (χ0) is 15.2. The van der Waals surface area contributed by atoms with Crippen molar-refractivity contribution in [2.45, 2.75) is 13.5 Å². The average Bonchev–Trinajstić information content (AvgIpc) is 2.48. The zero-order valence-corrected chi connectivity index (χ0v) is 12.0. The number of para-hydroxylation sites is 1. The van der Waals surface area contributed by atoms with Crippen molar-refractivity contribution in [3.63, 3.8) is 0 Å². The van der Waals surface area contributed by atoms with E-state index in [0.717, 1.165) is 0 Å². The van der Waals surface area contributed by atoms with Gasteiger partial charge in [-0.05, 0) is 25.1 Å². The molecule has 0 aliphatic rings. The number of benzene rings is 2. The van der Waals surface area contributed by atoms with Crippen molar-refractivity contribution in [3.8, 4) is 17.2 Å². The molecule has 0 unspecified atom stereocenters. The molecule has 0 atom stereocenters. The summed E-state index contributed by atoms with van der Waals surface area (Å²) in [5.74, 6) is 0.596. The molecule has 0 aliphatic carbocycles. The topological polar surface area (TPSA) is 50.7 Å². The minimum absolute atomic E-state index is 0.0903. The second-order valence-electron chi connectivity index (χ2n) is 4.40. The molecule has 0 saturated carbocycles. The lowest BCUT2D eigenvalue weighted by atomic mass is 10.1. The molecule has 0 fully saturated rings. The van der Waals surface area contributed by atoms with Gasteiger partial charge in [0, 0.05) is 18.2 Å². The van der Waals surface area contributed by atoms with Crippen molar-refractivity contribution in [2.75, 3.05) is 19.0 Å². The number of aromatic hydroxyl groups is 1. The highest BCUT2D eigenvalue weighted by molar-refractivity contribution is 5.57. The van der Waals surface area contributed by atoms with Crippen LogP contribution in [-0.2, 0) is 6.54 Å². The summed E-state index contributed by atoms with van der Waals surface area (Å²) < 4.78 is 23.7. The fourth-order valence-corrected chi connectivity index (χ4v) is 1.98. The lowest BCUT2D eigenvalue weighted by Crippen LogP contribution is -2.03. The van der Waals surface area contributed by atoms with Crippen molar-refractivity contribution < 1.29 is 19.0 Å². The predicted octanol–water partition coefficient (Wildman–Crippen LogP) is 3.55. The van der Waals surface area contributed by atoms with Crippen LogP contribution in [0.25, 0.3) is 0 Å². The first-order valence-electron chi connectivity index (χ1n) is 6.66. The SMILES string of the molecule is CCOc1cc(F)ccc1NCc1cccc(OC)c1O. The summed E-state index contributed by atoms with van der Waals surface area (Å²) in [6.07, 6.45) is 0. The molecule has 21 heavy (non-hydrogen) atoms. The van der Waals surface area contributed by atoms with Crippen molar-refractivity contribution >= 4 is 5.69 Å². The molecule has 0 amide bonds. The molecule has 2 rings (SSSR count). The summed E-state index contributed by atoms with van der Waals surface area (Å²) in [6, 6.07) is 9.56. The van der Waals surface area contributed by atoms with E-state index >= 15 is 0 Å². The first-order chi connectivity index (χ1) is 10.2. The van der Waals surface area contributed by atoms with Gasteiger partial charge in [0.25, 0.3) is 0 Å². The van der Waals surface area contributed by atoms with Crippen molar-refractivity contribution in [1.29, 1.82) is 0 Å². The highest BCUT2D eigenvalue weighted by Crippen LogP contribution is 2.31. The Balaban J connectivity index is 2.16. The van der Waals surface area contributed by atoms with Gasteiger partial charge in [0.15, 0.2) is 11.5 Å². The van der Waals surface area contributed by atoms with Crippen LogP contribution >= 0.6 is 0 Å². The number of rotatable bonds is 6.